The van der Waals surface area contributed by atoms with Crippen LogP contribution in [0.2, 0.25) is 0 Å². The van der Waals surface area contributed by atoms with Crippen molar-refractivity contribution in [3.63, 3.8) is 0 Å². The summed E-state index contributed by atoms with van der Waals surface area (Å²) >= 11 is 2.11. The summed E-state index contributed by atoms with van der Waals surface area (Å²) in [6, 6.07) is 7.63. The standard InChI is InChI=1S/C14H18IN3O2/c1-10-9-18(7-6-16-10)13(19)8-17-14(20)11-4-2-3-5-12(11)15/h2-5,10,16H,6-9H2,1H3,(H,17,20)/t10-/m1/s1. The maximum Gasteiger partial charge on any atom is 0.252 e. The zero-order valence-electron chi connectivity index (χ0n) is 11.4. The van der Waals surface area contributed by atoms with Crippen LogP contribution in [0.3, 0.4) is 0 Å². The van der Waals surface area contributed by atoms with Crippen molar-refractivity contribution in [3.05, 3.63) is 33.4 Å². The second-order valence-electron chi connectivity index (χ2n) is 4.86. The van der Waals surface area contributed by atoms with Gasteiger partial charge in [0.15, 0.2) is 0 Å². The lowest BCUT2D eigenvalue weighted by molar-refractivity contribution is -0.131. The molecule has 6 heteroatoms. The Balaban J connectivity index is 1.87. The van der Waals surface area contributed by atoms with Gasteiger partial charge in [-0.2, -0.15) is 0 Å². The van der Waals surface area contributed by atoms with Crippen LogP contribution in [0, 0.1) is 3.57 Å². The third kappa shape index (κ3) is 3.92. The Morgan fingerprint density at radius 3 is 2.90 bits per heavy atom. The van der Waals surface area contributed by atoms with Gasteiger partial charge in [-0.15, -0.1) is 0 Å². The molecule has 0 unspecified atom stereocenters. The summed E-state index contributed by atoms with van der Waals surface area (Å²) in [6.07, 6.45) is 0. The molecule has 2 amide bonds. The summed E-state index contributed by atoms with van der Waals surface area (Å²) in [4.78, 5) is 25.9. The van der Waals surface area contributed by atoms with Crippen LogP contribution in [0.1, 0.15) is 17.3 Å². The summed E-state index contributed by atoms with van der Waals surface area (Å²) in [5, 5.41) is 5.98. The van der Waals surface area contributed by atoms with Crippen LogP contribution < -0.4 is 10.6 Å². The fraction of sp³-hybridized carbons (Fsp3) is 0.429. The van der Waals surface area contributed by atoms with E-state index >= 15 is 0 Å². The minimum absolute atomic E-state index is 0.0300. The van der Waals surface area contributed by atoms with Crippen LogP contribution in [0.15, 0.2) is 24.3 Å². The van der Waals surface area contributed by atoms with Crippen LogP contribution in [-0.2, 0) is 4.79 Å². The van der Waals surface area contributed by atoms with Crippen LogP contribution in [0.5, 0.6) is 0 Å². The van der Waals surface area contributed by atoms with Crippen LogP contribution >= 0.6 is 22.6 Å². The average molecular weight is 387 g/mol. The molecule has 2 rings (SSSR count). The third-order valence-corrected chi connectivity index (χ3v) is 4.18. The zero-order chi connectivity index (χ0) is 14.5. The van der Waals surface area contributed by atoms with Crippen molar-refractivity contribution in [2.45, 2.75) is 13.0 Å². The molecule has 0 radical (unpaired) electrons. The van der Waals surface area contributed by atoms with E-state index in [0.717, 1.165) is 10.1 Å². The summed E-state index contributed by atoms with van der Waals surface area (Å²) in [6.45, 7) is 4.29. The highest BCUT2D eigenvalue weighted by Gasteiger charge is 2.20. The lowest BCUT2D eigenvalue weighted by Gasteiger charge is -2.31. The van der Waals surface area contributed by atoms with Crippen molar-refractivity contribution >= 4 is 34.4 Å². The normalized spacial score (nSPS) is 18.7. The summed E-state index contributed by atoms with van der Waals surface area (Å²) < 4.78 is 0.880. The molecule has 108 valence electrons. The molecule has 1 fully saturated rings. The lowest BCUT2D eigenvalue weighted by atomic mass is 10.2. The molecule has 1 aromatic carbocycles. The van der Waals surface area contributed by atoms with Gasteiger partial charge >= 0.3 is 0 Å². The second kappa shape index (κ2) is 7.03. The number of benzene rings is 1. The van der Waals surface area contributed by atoms with E-state index in [1.165, 1.54) is 0 Å². The predicted molar refractivity (Wildman–Crippen MR) is 85.5 cm³/mol. The largest absolute Gasteiger partial charge is 0.343 e. The molecule has 20 heavy (non-hydrogen) atoms. The third-order valence-electron chi connectivity index (χ3n) is 3.24. The Hall–Kier alpha value is -1.15. The van der Waals surface area contributed by atoms with Gasteiger partial charge in [-0.25, -0.2) is 0 Å². The Morgan fingerprint density at radius 1 is 1.45 bits per heavy atom. The molecule has 1 aromatic rings. The van der Waals surface area contributed by atoms with E-state index in [1.807, 2.05) is 25.1 Å². The van der Waals surface area contributed by atoms with Crippen molar-refractivity contribution in [2.24, 2.45) is 0 Å². The highest BCUT2D eigenvalue weighted by Crippen LogP contribution is 2.10. The van der Waals surface area contributed by atoms with E-state index in [4.69, 9.17) is 0 Å². The van der Waals surface area contributed by atoms with Gasteiger partial charge in [-0.3, -0.25) is 9.59 Å². The minimum atomic E-state index is -0.202. The molecule has 0 aromatic heterocycles. The molecule has 0 saturated carbocycles. The number of nitrogens with zero attached hydrogens (tertiary/aromatic N) is 1. The number of carbonyl (C=O) groups excluding carboxylic acids is 2. The van der Waals surface area contributed by atoms with Gasteiger partial charge in [0.25, 0.3) is 5.91 Å². The molecule has 0 spiro atoms. The number of hydrogen-bond donors (Lipinski definition) is 2. The van der Waals surface area contributed by atoms with Crippen LogP contribution in [-0.4, -0.2) is 48.9 Å². The van der Waals surface area contributed by atoms with Crippen molar-refractivity contribution < 1.29 is 9.59 Å². The Labute approximate surface area is 132 Å². The van der Waals surface area contributed by atoms with Gasteiger partial charge < -0.3 is 15.5 Å². The van der Waals surface area contributed by atoms with Crippen molar-refractivity contribution in [3.8, 4) is 0 Å². The van der Waals surface area contributed by atoms with Gasteiger partial charge in [-0.1, -0.05) is 12.1 Å². The Kier molecular flexibility index (Phi) is 5.36. The molecule has 1 saturated heterocycles. The first-order valence-electron chi connectivity index (χ1n) is 6.62. The maximum absolute atomic E-state index is 12.0. The predicted octanol–water partition coefficient (Wildman–Crippen LogP) is 0.841. The number of amides is 2. The molecule has 0 aliphatic carbocycles. The molecule has 1 aliphatic heterocycles. The number of nitrogens with one attached hydrogen (secondary N) is 2. The number of carbonyl (C=O) groups is 2. The van der Waals surface area contributed by atoms with E-state index in [0.29, 0.717) is 24.7 Å². The fourth-order valence-electron chi connectivity index (χ4n) is 2.17. The van der Waals surface area contributed by atoms with Gasteiger partial charge in [0, 0.05) is 29.2 Å². The van der Waals surface area contributed by atoms with Crippen molar-refractivity contribution in [2.75, 3.05) is 26.2 Å². The summed E-state index contributed by atoms with van der Waals surface area (Å²) in [5.41, 5.74) is 0.606. The molecule has 1 aliphatic rings. The highest BCUT2D eigenvalue weighted by molar-refractivity contribution is 14.1. The van der Waals surface area contributed by atoms with Gasteiger partial charge in [-0.05, 0) is 41.6 Å². The van der Waals surface area contributed by atoms with E-state index in [9.17, 15) is 9.59 Å². The van der Waals surface area contributed by atoms with Gasteiger partial charge in [0.1, 0.15) is 0 Å². The van der Waals surface area contributed by atoms with Crippen LogP contribution in [0.4, 0.5) is 0 Å². The van der Waals surface area contributed by atoms with Crippen LogP contribution in [0.25, 0.3) is 0 Å². The SMILES string of the molecule is C[C@@H]1CN(C(=O)CNC(=O)c2ccccc2I)CCN1. The van der Waals surface area contributed by atoms with Crippen molar-refractivity contribution in [1.82, 2.24) is 15.5 Å². The maximum atomic E-state index is 12.0. The molecule has 5 nitrogen and oxygen atoms in total. The number of piperazine rings is 1. The number of hydrogen-bond acceptors (Lipinski definition) is 3. The topological polar surface area (TPSA) is 61.4 Å². The molecule has 1 atom stereocenters. The molecule has 2 N–H and O–H groups in total. The molecule has 0 bridgehead atoms. The Bertz CT molecular complexity index is 507. The monoisotopic (exact) mass is 387 g/mol. The summed E-state index contributed by atoms with van der Waals surface area (Å²) in [7, 11) is 0. The second-order valence-corrected chi connectivity index (χ2v) is 6.02. The molecular formula is C14H18IN3O2. The quantitative estimate of drug-likeness (QED) is 0.756. The first-order chi connectivity index (χ1) is 9.58. The van der Waals surface area contributed by atoms with Crippen molar-refractivity contribution in [1.29, 1.82) is 0 Å². The lowest BCUT2D eigenvalue weighted by Crippen LogP contribution is -2.53. The van der Waals surface area contributed by atoms with E-state index < -0.39 is 0 Å². The smallest absolute Gasteiger partial charge is 0.252 e. The summed E-state index contributed by atoms with van der Waals surface area (Å²) in [5.74, 6) is -0.232. The zero-order valence-corrected chi connectivity index (χ0v) is 13.5. The number of halogens is 1. The number of rotatable bonds is 3. The van der Waals surface area contributed by atoms with Gasteiger partial charge in [0.2, 0.25) is 5.91 Å². The minimum Gasteiger partial charge on any atom is -0.343 e. The van der Waals surface area contributed by atoms with E-state index in [-0.39, 0.29) is 18.4 Å². The average Bonchev–Trinajstić information content (AvgIpc) is 2.45. The molecular weight excluding hydrogens is 369 g/mol. The van der Waals surface area contributed by atoms with E-state index in [2.05, 4.69) is 33.2 Å². The first kappa shape index (κ1) is 15.2. The van der Waals surface area contributed by atoms with E-state index in [1.54, 1.807) is 11.0 Å². The first-order valence-corrected chi connectivity index (χ1v) is 7.69. The van der Waals surface area contributed by atoms with Gasteiger partial charge in [0.05, 0.1) is 12.1 Å². The fourth-order valence-corrected chi connectivity index (χ4v) is 2.80. The highest BCUT2D eigenvalue weighted by atomic mass is 127. The Morgan fingerprint density at radius 2 is 2.20 bits per heavy atom. The molecule has 1 heterocycles.